The van der Waals surface area contributed by atoms with Crippen LogP contribution in [0.25, 0.3) is 0 Å². The highest BCUT2D eigenvalue weighted by molar-refractivity contribution is 6.00. The first-order valence-corrected chi connectivity index (χ1v) is 3.91. The maximum Gasteiger partial charge on any atom is 0.245 e. The van der Waals surface area contributed by atoms with Gasteiger partial charge in [0.2, 0.25) is 5.91 Å². The molecular formula is C9H10N2O. The quantitative estimate of drug-likeness (QED) is 0.659. The maximum absolute atomic E-state index is 11.3. The van der Waals surface area contributed by atoms with Crippen LogP contribution in [0.15, 0.2) is 24.3 Å². The van der Waals surface area contributed by atoms with Crippen LogP contribution in [-0.2, 0) is 11.2 Å². The molecule has 1 amide bonds. The predicted molar refractivity (Wildman–Crippen MR) is 46.7 cm³/mol. The second-order valence-corrected chi connectivity index (χ2v) is 2.76. The van der Waals surface area contributed by atoms with Crippen molar-refractivity contribution < 1.29 is 4.79 Å². The van der Waals surface area contributed by atoms with Crippen LogP contribution < -0.4 is 10.4 Å². The number of nitrogens with zero attached hydrogens (tertiary/aromatic N) is 1. The van der Waals surface area contributed by atoms with Gasteiger partial charge < -0.3 is 0 Å². The Morgan fingerprint density at radius 1 is 1.42 bits per heavy atom. The average molecular weight is 162 g/mol. The van der Waals surface area contributed by atoms with Gasteiger partial charge in [0.25, 0.3) is 0 Å². The lowest BCUT2D eigenvalue weighted by molar-refractivity contribution is -0.117. The molecule has 1 aliphatic heterocycles. The maximum atomic E-state index is 11.3. The van der Waals surface area contributed by atoms with Crippen LogP contribution in [0, 0.1) is 0 Å². The molecule has 0 saturated carbocycles. The molecule has 0 bridgehead atoms. The van der Waals surface area contributed by atoms with Crippen molar-refractivity contribution in [1.29, 1.82) is 0 Å². The lowest BCUT2D eigenvalue weighted by atomic mass is 10.2. The molecule has 0 fully saturated rings. The van der Waals surface area contributed by atoms with Gasteiger partial charge in [0, 0.05) is 7.05 Å². The predicted octanol–water partition coefficient (Wildman–Crippen LogP) is 0.710. The Hall–Kier alpha value is -1.35. The largest absolute Gasteiger partial charge is 0.273 e. The Morgan fingerprint density at radius 3 is 2.92 bits per heavy atom. The molecule has 0 aliphatic carbocycles. The summed E-state index contributed by atoms with van der Waals surface area (Å²) in [6.45, 7) is 0. The van der Waals surface area contributed by atoms with Crippen LogP contribution >= 0.6 is 0 Å². The van der Waals surface area contributed by atoms with Crippen molar-refractivity contribution >= 4 is 11.6 Å². The lowest BCUT2D eigenvalue weighted by Crippen LogP contribution is -2.37. The fourth-order valence-electron chi connectivity index (χ4n) is 1.50. The summed E-state index contributed by atoms with van der Waals surface area (Å²) in [7, 11) is 1.75. The van der Waals surface area contributed by atoms with Gasteiger partial charge >= 0.3 is 0 Å². The van der Waals surface area contributed by atoms with E-state index in [1.807, 2.05) is 24.3 Å². The van der Waals surface area contributed by atoms with Crippen molar-refractivity contribution in [3.8, 4) is 0 Å². The fourth-order valence-corrected chi connectivity index (χ4v) is 1.50. The normalized spacial score (nSPS) is 15.1. The molecule has 62 valence electrons. The molecule has 12 heavy (non-hydrogen) atoms. The van der Waals surface area contributed by atoms with Gasteiger partial charge in [-0.15, -0.1) is 0 Å². The highest BCUT2D eigenvalue weighted by Crippen LogP contribution is 2.25. The average Bonchev–Trinajstić information content (AvgIpc) is 2.40. The number of anilines is 1. The van der Waals surface area contributed by atoms with Crippen LogP contribution in [-0.4, -0.2) is 13.0 Å². The molecule has 0 unspecified atom stereocenters. The summed E-state index contributed by atoms with van der Waals surface area (Å²) in [4.78, 5) is 11.3. The Morgan fingerprint density at radius 2 is 2.17 bits per heavy atom. The number of rotatable bonds is 1. The summed E-state index contributed by atoms with van der Waals surface area (Å²) in [5, 5.41) is 1.58. The number of carbonyl (C=O) groups is 1. The highest BCUT2D eigenvalue weighted by Gasteiger charge is 2.25. The third-order valence-electron chi connectivity index (χ3n) is 2.05. The molecule has 2 rings (SSSR count). The number of benzene rings is 1. The summed E-state index contributed by atoms with van der Waals surface area (Å²) < 4.78 is 0. The van der Waals surface area contributed by atoms with Crippen molar-refractivity contribution in [2.75, 3.05) is 12.1 Å². The zero-order valence-electron chi connectivity index (χ0n) is 6.87. The number of hydrogen-bond acceptors (Lipinski definition) is 2. The molecule has 3 nitrogen and oxygen atoms in total. The molecule has 1 heterocycles. The summed E-state index contributed by atoms with van der Waals surface area (Å²) in [5.41, 5.74) is 4.92. The number of hydrogen-bond donors (Lipinski definition) is 1. The van der Waals surface area contributed by atoms with E-state index in [9.17, 15) is 4.79 Å². The highest BCUT2D eigenvalue weighted by atomic mass is 16.2. The van der Waals surface area contributed by atoms with Crippen molar-refractivity contribution in [3.05, 3.63) is 29.8 Å². The van der Waals surface area contributed by atoms with E-state index in [1.165, 1.54) is 0 Å². The second-order valence-electron chi connectivity index (χ2n) is 2.76. The van der Waals surface area contributed by atoms with Gasteiger partial charge in [-0.3, -0.25) is 4.79 Å². The zero-order valence-corrected chi connectivity index (χ0v) is 6.87. The molecule has 0 spiro atoms. The number of para-hydroxylation sites is 1. The van der Waals surface area contributed by atoms with Crippen LogP contribution in [0.4, 0.5) is 5.69 Å². The van der Waals surface area contributed by atoms with Crippen LogP contribution in [0.1, 0.15) is 5.56 Å². The minimum atomic E-state index is 0.110. The standard InChI is InChI=1S/C9H10N2O/c1-10-11-8-5-3-2-4-7(8)6-9(11)12/h2-5,10H,6H2,1H3. The number of nitrogens with one attached hydrogen (secondary N) is 1. The molecular weight excluding hydrogens is 152 g/mol. The summed E-state index contributed by atoms with van der Waals surface area (Å²) >= 11 is 0. The number of fused-ring (bicyclic) bond motifs is 1. The van der Waals surface area contributed by atoms with Crippen molar-refractivity contribution in [1.82, 2.24) is 5.43 Å². The van der Waals surface area contributed by atoms with Gasteiger partial charge in [-0.2, -0.15) is 0 Å². The second kappa shape index (κ2) is 2.60. The van der Waals surface area contributed by atoms with E-state index >= 15 is 0 Å². The summed E-state index contributed by atoms with van der Waals surface area (Å²) in [6, 6.07) is 7.80. The van der Waals surface area contributed by atoms with E-state index in [-0.39, 0.29) is 5.91 Å². The summed E-state index contributed by atoms with van der Waals surface area (Å²) in [6.07, 6.45) is 0.511. The molecule has 3 heteroatoms. The van der Waals surface area contributed by atoms with E-state index in [1.54, 1.807) is 12.1 Å². The van der Waals surface area contributed by atoms with Gasteiger partial charge in [0.1, 0.15) is 0 Å². The Labute approximate surface area is 71.0 Å². The molecule has 0 aromatic heterocycles. The van der Waals surface area contributed by atoms with Crippen molar-refractivity contribution in [2.24, 2.45) is 0 Å². The van der Waals surface area contributed by atoms with E-state index < -0.39 is 0 Å². The van der Waals surface area contributed by atoms with Crippen molar-refractivity contribution in [3.63, 3.8) is 0 Å². The molecule has 1 N–H and O–H groups in total. The molecule has 0 atom stereocenters. The molecule has 0 radical (unpaired) electrons. The first-order valence-electron chi connectivity index (χ1n) is 3.91. The zero-order chi connectivity index (χ0) is 8.55. The Kier molecular flexibility index (Phi) is 1.59. The smallest absolute Gasteiger partial charge is 0.245 e. The number of amides is 1. The van der Waals surface area contributed by atoms with Gasteiger partial charge in [-0.1, -0.05) is 18.2 Å². The molecule has 0 saturated heterocycles. The molecule has 1 aromatic rings. The first kappa shape index (κ1) is 7.31. The van der Waals surface area contributed by atoms with E-state index in [4.69, 9.17) is 0 Å². The van der Waals surface area contributed by atoms with E-state index in [0.29, 0.717) is 6.42 Å². The minimum Gasteiger partial charge on any atom is -0.273 e. The Bertz CT molecular complexity index is 322. The first-order chi connectivity index (χ1) is 5.83. The van der Waals surface area contributed by atoms with Gasteiger partial charge in [-0.25, -0.2) is 10.4 Å². The monoisotopic (exact) mass is 162 g/mol. The topological polar surface area (TPSA) is 32.3 Å². The lowest BCUT2D eigenvalue weighted by Gasteiger charge is -2.14. The van der Waals surface area contributed by atoms with E-state index in [0.717, 1.165) is 11.3 Å². The van der Waals surface area contributed by atoms with Crippen LogP contribution in [0.5, 0.6) is 0 Å². The third kappa shape index (κ3) is 0.905. The van der Waals surface area contributed by atoms with Crippen LogP contribution in [0.3, 0.4) is 0 Å². The van der Waals surface area contributed by atoms with Crippen LogP contribution in [0.2, 0.25) is 0 Å². The minimum absolute atomic E-state index is 0.110. The van der Waals surface area contributed by atoms with E-state index in [2.05, 4.69) is 5.43 Å². The Balaban J connectivity index is 2.47. The number of carbonyl (C=O) groups excluding carboxylic acids is 1. The molecule has 1 aliphatic rings. The van der Waals surface area contributed by atoms with Gasteiger partial charge in [0.15, 0.2) is 0 Å². The van der Waals surface area contributed by atoms with Gasteiger partial charge in [-0.05, 0) is 11.6 Å². The third-order valence-corrected chi connectivity index (χ3v) is 2.05. The molecule has 1 aromatic carbocycles. The number of hydrazine groups is 1. The SMILES string of the molecule is CNN1C(=O)Cc2ccccc21. The van der Waals surface area contributed by atoms with Gasteiger partial charge in [0.05, 0.1) is 12.1 Å². The fraction of sp³-hybridized carbons (Fsp3) is 0.222. The van der Waals surface area contributed by atoms with Crippen molar-refractivity contribution in [2.45, 2.75) is 6.42 Å². The summed E-state index contributed by atoms with van der Waals surface area (Å²) in [5.74, 6) is 0.110.